The normalized spacial score (nSPS) is 15.1. The fourth-order valence-corrected chi connectivity index (χ4v) is 5.33. The Morgan fingerprint density at radius 1 is 0.886 bits per heavy atom. The van der Waals surface area contributed by atoms with Crippen LogP contribution in [-0.4, -0.2) is 20.6 Å². The first-order valence-corrected chi connectivity index (χ1v) is 12.5. The lowest BCUT2D eigenvalue weighted by Crippen LogP contribution is -2.27. The Labute approximate surface area is 219 Å². The molecule has 35 heavy (non-hydrogen) atoms. The van der Waals surface area contributed by atoms with E-state index in [1.54, 1.807) is 30.3 Å². The summed E-state index contributed by atoms with van der Waals surface area (Å²) in [5.41, 5.74) is 3.19. The molecule has 1 fully saturated rings. The van der Waals surface area contributed by atoms with Gasteiger partial charge in [0.2, 0.25) is 0 Å². The summed E-state index contributed by atoms with van der Waals surface area (Å²) >= 11 is 19.2. The van der Waals surface area contributed by atoms with Gasteiger partial charge in [-0.3, -0.25) is 14.5 Å². The van der Waals surface area contributed by atoms with Gasteiger partial charge in [0, 0.05) is 34.2 Å². The number of benzene rings is 3. The van der Waals surface area contributed by atoms with Crippen molar-refractivity contribution >= 4 is 74.7 Å². The number of nitrogens with zero attached hydrogens (tertiary/aromatic N) is 2. The topological polar surface area (TPSA) is 42.3 Å². The first kappa shape index (κ1) is 23.9. The van der Waals surface area contributed by atoms with Gasteiger partial charge in [-0.1, -0.05) is 65.1 Å². The molecule has 176 valence electrons. The SMILES string of the molecule is O=C1S/C(=C/c2cn(Cc3ccc(F)cc3Cl)c3ccccc23)C(=O)N1Cc1ccc(Cl)c(Cl)c1. The van der Waals surface area contributed by atoms with E-state index in [2.05, 4.69) is 0 Å². The largest absolute Gasteiger partial charge is 0.342 e. The van der Waals surface area contributed by atoms with Gasteiger partial charge in [-0.15, -0.1) is 0 Å². The molecule has 1 saturated heterocycles. The van der Waals surface area contributed by atoms with Crippen LogP contribution >= 0.6 is 46.6 Å². The maximum atomic E-state index is 13.5. The molecule has 0 N–H and O–H groups in total. The highest BCUT2D eigenvalue weighted by atomic mass is 35.5. The summed E-state index contributed by atoms with van der Waals surface area (Å²) in [5, 5.41) is 1.67. The molecule has 0 atom stereocenters. The molecule has 0 saturated carbocycles. The molecule has 2 heterocycles. The second kappa shape index (κ2) is 9.70. The molecular formula is C26H16Cl3FN2O2S. The van der Waals surface area contributed by atoms with Gasteiger partial charge in [-0.2, -0.15) is 0 Å². The molecular weight excluding hydrogens is 530 g/mol. The third-order valence-corrected chi connectivity index (χ3v) is 7.66. The minimum absolute atomic E-state index is 0.101. The van der Waals surface area contributed by atoms with E-state index >= 15 is 0 Å². The number of halogens is 4. The number of carbonyl (C=O) groups is 2. The monoisotopic (exact) mass is 544 g/mol. The van der Waals surface area contributed by atoms with Gasteiger partial charge in [0.05, 0.1) is 21.5 Å². The van der Waals surface area contributed by atoms with Crippen LogP contribution in [0.15, 0.2) is 71.8 Å². The van der Waals surface area contributed by atoms with Crippen LogP contribution in [0.4, 0.5) is 9.18 Å². The minimum Gasteiger partial charge on any atom is -0.342 e. The van der Waals surface area contributed by atoms with E-state index in [0.29, 0.717) is 32.1 Å². The molecule has 3 aromatic carbocycles. The van der Waals surface area contributed by atoms with Crippen molar-refractivity contribution < 1.29 is 14.0 Å². The molecule has 9 heteroatoms. The van der Waals surface area contributed by atoms with Crippen molar-refractivity contribution in [1.82, 2.24) is 9.47 Å². The summed E-state index contributed by atoms with van der Waals surface area (Å²) in [4.78, 5) is 27.2. The predicted octanol–water partition coefficient (Wildman–Crippen LogP) is 8.03. The first-order valence-electron chi connectivity index (χ1n) is 10.5. The lowest BCUT2D eigenvalue weighted by molar-refractivity contribution is -0.123. The van der Waals surface area contributed by atoms with E-state index in [1.807, 2.05) is 35.0 Å². The first-order chi connectivity index (χ1) is 16.8. The Morgan fingerprint density at radius 3 is 2.46 bits per heavy atom. The molecule has 0 unspecified atom stereocenters. The number of thioether (sulfide) groups is 1. The number of imide groups is 1. The lowest BCUT2D eigenvalue weighted by atomic mass is 10.1. The maximum absolute atomic E-state index is 13.5. The van der Waals surface area contributed by atoms with Gasteiger partial charge in [-0.25, -0.2) is 4.39 Å². The van der Waals surface area contributed by atoms with Gasteiger partial charge in [0.25, 0.3) is 11.1 Å². The number of amides is 2. The van der Waals surface area contributed by atoms with Crippen molar-refractivity contribution in [3.8, 4) is 0 Å². The van der Waals surface area contributed by atoms with E-state index < -0.39 is 5.82 Å². The van der Waals surface area contributed by atoms with Crippen LogP contribution in [0.5, 0.6) is 0 Å². The molecule has 2 amide bonds. The minimum atomic E-state index is -0.395. The average molecular weight is 546 g/mol. The highest BCUT2D eigenvalue weighted by Gasteiger charge is 2.35. The fraction of sp³-hybridized carbons (Fsp3) is 0.0769. The summed E-state index contributed by atoms with van der Waals surface area (Å²) in [5.74, 6) is -0.766. The van der Waals surface area contributed by atoms with Gasteiger partial charge < -0.3 is 4.57 Å². The quantitative estimate of drug-likeness (QED) is 0.238. The zero-order valence-corrected chi connectivity index (χ0v) is 21.1. The zero-order valence-electron chi connectivity index (χ0n) is 18.0. The van der Waals surface area contributed by atoms with Crippen LogP contribution in [0.25, 0.3) is 17.0 Å². The van der Waals surface area contributed by atoms with Gasteiger partial charge in [0.15, 0.2) is 0 Å². The van der Waals surface area contributed by atoms with Crippen molar-refractivity contribution in [3.05, 3.63) is 109 Å². The Kier molecular flexibility index (Phi) is 6.64. The highest BCUT2D eigenvalue weighted by molar-refractivity contribution is 8.18. The van der Waals surface area contributed by atoms with Crippen LogP contribution in [0.2, 0.25) is 15.1 Å². The Hall–Kier alpha value is -2.77. The number of hydrogen-bond acceptors (Lipinski definition) is 3. The summed E-state index contributed by atoms with van der Waals surface area (Å²) in [6.45, 7) is 0.524. The van der Waals surface area contributed by atoms with Crippen molar-refractivity contribution in [2.24, 2.45) is 0 Å². The molecule has 1 aliphatic rings. The second-order valence-corrected chi connectivity index (χ2v) is 10.2. The molecule has 4 nitrogen and oxygen atoms in total. The number of para-hydroxylation sites is 1. The Bertz CT molecular complexity index is 1530. The van der Waals surface area contributed by atoms with E-state index in [9.17, 15) is 14.0 Å². The number of aromatic nitrogens is 1. The van der Waals surface area contributed by atoms with E-state index in [0.717, 1.165) is 33.8 Å². The molecule has 1 aliphatic heterocycles. The average Bonchev–Trinajstić information content (AvgIpc) is 3.30. The Morgan fingerprint density at radius 2 is 1.69 bits per heavy atom. The summed E-state index contributed by atoms with van der Waals surface area (Å²) in [6.07, 6.45) is 3.63. The molecule has 1 aromatic heterocycles. The second-order valence-electron chi connectivity index (χ2n) is 7.98. The maximum Gasteiger partial charge on any atom is 0.293 e. The Balaban J connectivity index is 1.46. The lowest BCUT2D eigenvalue weighted by Gasteiger charge is -2.12. The predicted molar refractivity (Wildman–Crippen MR) is 140 cm³/mol. The number of rotatable bonds is 5. The third-order valence-electron chi connectivity index (χ3n) is 5.66. The van der Waals surface area contributed by atoms with Crippen molar-refractivity contribution in [2.75, 3.05) is 0 Å². The molecule has 0 spiro atoms. The van der Waals surface area contributed by atoms with Crippen LogP contribution in [0.3, 0.4) is 0 Å². The zero-order chi connectivity index (χ0) is 24.7. The van der Waals surface area contributed by atoms with Gasteiger partial charge in [-0.05, 0) is 59.3 Å². The van der Waals surface area contributed by atoms with Crippen LogP contribution < -0.4 is 0 Å². The molecule has 0 bridgehead atoms. The standard InChI is InChI=1S/C26H16Cl3FN2O2S/c27-20-8-5-15(9-22(20)29)12-32-25(33)24(35-26(32)34)10-17-14-31(23-4-2-1-3-19(17)23)13-16-6-7-18(30)11-21(16)28/h1-11,14H,12-13H2/b24-10+. The highest BCUT2D eigenvalue weighted by Crippen LogP contribution is 2.36. The molecule has 0 aliphatic carbocycles. The van der Waals surface area contributed by atoms with Crippen molar-refractivity contribution in [3.63, 3.8) is 0 Å². The summed E-state index contributed by atoms with van der Waals surface area (Å²) < 4.78 is 15.5. The summed E-state index contributed by atoms with van der Waals surface area (Å²) in [7, 11) is 0. The number of hydrogen-bond donors (Lipinski definition) is 0. The van der Waals surface area contributed by atoms with E-state index in [4.69, 9.17) is 34.8 Å². The molecule has 4 aromatic rings. The van der Waals surface area contributed by atoms with Crippen LogP contribution in [0.1, 0.15) is 16.7 Å². The van der Waals surface area contributed by atoms with E-state index in [1.165, 1.54) is 17.0 Å². The summed E-state index contributed by atoms with van der Waals surface area (Å²) in [6, 6.07) is 17.1. The third kappa shape index (κ3) is 4.84. The molecule has 5 rings (SSSR count). The van der Waals surface area contributed by atoms with E-state index in [-0.39, 0.29) is 17.7 Å². The van der Waals surface area contributed by atoms with Gasteiger partial charge >= 0.3 is 0 Å². The van der Waals surface area contributed by atoms with Crippen LogP contribution in [0, 0.1) is 5.82 Å². The van der Waals surface area contributed by atoms with Crippen molar-refractivity contribution in [1.29, 1.82) is 0 Å². The number of fused-ring (bicyclic) bond motifs is 1. The van der Waals surface area contributed by atoms with Crippen molar-refractivity contribution in [2.45, 2.75) is 13.1 Å². The van der Waals surface area contributed by atoms with Gasteiger partial charge in [0.1, 0.15) is 5.82 Å². The number of carbonyl (C=O) groups excluding carboxylic acids is 2. The fourth-order valence-electron chi connectivity index (χ4n) is 3.95. The smallest absolute Gasteiger partial charge is 0.293 e. The van der Waals surface area contributed by atoms with Crippen LogP contribution in [-0.2, 0) is 17.9 Å². The molecule has 0 radical (unpaired) electrons.